The van der Waals surface area contributed by atoms with Crippen LogP contribution >= 0.6 is 34.5 Å². The van der Waals surface area contributed by atoms with Gasteiger partial charge in [-0.2, -0.15) is 0 Å². The predicted molar refractivity (Wildman–Crippen MR) is 72.0 cm³/mol. The van der Waals surface area contributed by atoms with E-state index in [0.29, 0.717) is 16.0 Å². The highest BCUT2D eigenvalue weighted by atomic mass is 35.5. The second-order valence-corrected chi connectivity index (χ2v) is 5.77. The zero-order chi connectivity index (χ0) is 12.0. The van der Waals surface area contributed by atoms with E-state index >= 15 is 0 Å². The average Bonchev–Trinajstić information content (AvgIpc) is 2.49. The van der Waals surface area contributed by atoms with Crippen LogP contribution in [0.5, 0.6) is 0 Å². The van der Waals surface area contributed by atoms with E-state index in [1.807, 2.05) is 0 Å². The molecule has 2 nitrogen and oxygen atoms in total. The fourth-order valence-corrected chi connectivity index (χ4v) is 2.87. The molecule has 0 radical (unpaired) electrons. The molecule has 0 bridgehead atoms. The minimum absolute atomic E-state index is 0.0523. The van der Waals surface area contributed by atoms with E-state index in [2.05, 4.69) is 6.92 Å². The van der Waals surface area contributed by atoms with Crippen molar-refractivity contribution in [3.8, 4) is 0 Å². The molecule has 0 N–H and O–H groups in total. The fraction of sp³-hybridized carbons (Fsp3) is 0.727. The molecule has 1 heterocycles. The van der Waals surface area contributed by atoms with Gasteiger partial charge in [0.1, 0.15) is 9.49 Å². The van der Waals surface area contributed by atoms with Crippen LogP contribution in [0.4, 0.5) is 0 Å². The smallest absolute Gasteiger partial charge is 0.288 e. The van der Waals surface area contributed by atoms with Crippen molar-refractivity contribution in [1.29, 1.82) is 0 Å². The van der Waals surface area contributed by atoms with Gasteiger partial charge in [0, 0.05) is 6.54 Å². The van der Waals surface area contributed by atoms with Gasteiger partial charge in [-0.05, 0) is 6.42 Å². The topological polar surface area (TPSA) is 22.0 Å². The summed E-state index contributed by atoms with van der Waals surface area (Å²) in [6.45, 7) is 2.89. The molecule has 5 heteroatoms. The first kappa shape index (κ1) is 14.1. The van der Waals surface area contributed by atoms with Gasteiger partial charge in [0.25, 0.3) is 0 Å². The zero-order valence-corrected chi connectivity index (χ0v) is 11.8. The molecule has 0 aliphatic rings. The molecule has 92 valence electrons. The molecule has 0 spiro atoms. The molecular formula is C11H17Cl2NOS. The zero-order valence-electron chi connectivity index (χ0n) is 9.47. The van der Waals surface area contributed by atoms with Gasteiger partial charge in [-0.15, -0.1) is 0 Å². The van der Waals surface area contributed by atoms with Crippen molar-refractivity contribution in [2.75, 3.05) is 0 Å². The molecule has 0 amide bonds. The van der Waals surface area contributed by atoms with Crippen LogP contribution in [0.2, 0.25) is 9.49 Å². The molecule has 0 saturated carbocycles. The van der Waals surface area contributed by atoms with E-state index in [9.17, 15) is 4.79 Å². The molecule has 0 atom stereocenters. The van der Waals surface area contributed by atoms with E-state index in [1.165, 1.54) is 25.7 Å². The van der Waals surface area contributed by atoms with Gasteiger partial charge in [0.05, 0.1) is 0 Å². The Balaban J connectivity index is 2.29. The van der Waals surface area contributed by atoms with Gasteiger partial charge >= 0.3 is 4.87 Å². The Morgan fingerprint density at radius 1 is 1.12 bits per heavy atom. The molecule has 0 aliphatic carbocycles. The minimum atomic E-state index is -0.0523. The molecule has 0 aliphatic heterocycles. The number of nitrogens with zero attached hydrogens (tertiary/aromatic N) is 1. The summed E-state index contributed by atoms with van der Waals surface area (Å²) in [7, 11) is 0. The number of unbranched alkanes of at least 4 members (excludes halogenated alkanes) is 5. The Morgan fingerprint density at radius 2 is 1.75 bits per heavy atom. The first-order valence-corrected chi connectivity index (χ1v) is 7.28. The lowest BCUT2D eigenvalue weighted by atomic mass is 10.1. The van der Waals surface area contributed by atoms with Crippen LogP contribution < -0.4 is 4.87 Å². The van der Waals surface area contributed by atoms with E-state index in [1.54, 1.807) is 4.57 Å². The van der Waals surface area contributed by atoms with Crippen LogP contribution in [0.15, 0.2) is 4.79 Å². The van der Waals surface area contributed by atoms with Gasteiger partial charge in [0.15, 0.2) is 0 Å². The van der Waals surface area contributed by atoms with E-state index < -0.39 is 0 Å². The van der Waals surface area contributed by atoms with Crippen molar-refractivity contribution in [3.05, 3.63) is 19.2 Å². The average molecular weight is 282 g/mol. The van der Waals surface area contributed by atoms with Crippen LogP contribution in [0.1, 0.15) is 45.4 Å². The molecule has 0 aromatic carbocycles. The Morgan fingerprint density at radius 3 is 2.31 bits per heavy atom. The standard InChI is InChI=1S/C11H17Cl2NOS/c1-2-3-4-5-6-7-8-14-9(12)10(13)16-11(14)15/h2-8H2,1H3. The van der Waals surface area contributed by atoms with Crippen molar-refractivity contribution in [2.45, 2.75) is 52.0 Å². The number of thiazole rings is 1. The second-order valence-electron chi connectivity index (χ2n) is 3.85. The lowest BCUT2D eigenvalue weighted by molar-refractivity contribution is 0.555. The van der Waals surface area contributed by atoms with Gasteiger partial charge in [0.2, 0.25) is 0 Å². The van der Waals surface area contributed by atoms with E-state index in [4.69, 9.17) is 23.2 Å². The third-order valence-corrected chi connectivity index (χ3v) is 4.31. The largest absolute Gasteiger partial charge is 0.309 e. The number of hydrogen-bond donors (Lipinski definition) is 0. The summed E-state index contributed by atoms with van der Waals surface area (Å²) in [5.74, 6) is 0. The number of aromatic nitrogens is 1. The lowest BCUT2D eigenvalue weighted by Crippen LogP contribution is -2.12. The van der Waals surface area contributed by atoms with Crippen molar-refractivity contribution >= 4 is 34.5 Å². The summed E-state index contributed by atoms with van der Waals surface area (Å²) in [4.78, 5) is 11.4. The fourth-order valence-electron chi connectivity index (χ4n) is 1.60. The summed E-state index contributed by atoms with van der Waals surface area (Å²) < 4.78 is 1.96. The first-order chi connectivity index (χ1) is 7.66. The van der Waals surface area contributed by atoms with Crippen LogP contribution in [0, 0.1) is 0 Å². The highest BCUT2D eigenvalue weighted by molar-refractivity contribution is 7.14. The quantitative estimate of drug-likeness (QED) is 0.671. The van der Waals surface area contributed by atoms with Crippen molar-refractivity contribution in [1.82, 2.24) is 4.57 Å². The number of rotatable bonds is 7. The maximum atomic E-state index is 11.4. The highest BCUT2D eigenvalue weighted by Gasteiger charge is 2.09. The number of hydrogen-bond acceptors (Lipinski definition) is 2. The van der Waals surface area contributed by atoms with Crippen LogP contribution in [-0.4, -0.2) is 4.57 Å². The minimum Gasteiger partial charge on any atom is -0.288 e. The molecule has 1 aromatic heterocycles. The van der Waals surface area contributed by atoms with Crippen molar-refractivity contribution in [3.63, 3.8) is 0 Å². The van der Waals surface area contributed by atoms with E-state index in [0.717, 1.165) is 24.2 Å². The molecule has 1 aromatic rings. The Hall–Kier alpha value is 0.01000. The van der Waals surface area contributed by atoms with Crippen LogP contribution in [0.3, 0.4) is 0 Å². The van der Waals surface area contributed by atoms with Gasteiger partial charge < -0.3 is 0 Å². The SMILES string of the molecule is CCCCCCCCn1c(Cl)c(Cl)sc1=O. The molecule has 1 rings (SSSR count). The summed E-state index contributed by atoms with van der Waals surface area (Å²) in [6, 6.07) is 0. The Kier molecular flexibility index (Phi) is 6.47. The van der Waals surface area contributed by atoms with Gasteiger partial charge in [-0.25, -0.2) is 0 Å². The number of halogens is 2. The molecular weight excluding hydrogens is 265 g/mol. The highest BCUT2D eigenvalue weighted by Crippen LogP contribution is 2.24. The molecule has 0 unspecified atom stereocenters. The normalized spacial score (nSPS) is 10.9. The summed E-state index contributed by atoms with van der Waals surface area (Å²) in [5, 5.41) is 0.394. The van der Waals surface area contributed by atoms with E-state index in [-0.39, 0.29) is 4.87 Å². The first-order valence-electron chi connectivity index (χ1n) is 5.71. The summed E-state index contributed by atoms with van der Waals surface area (Å²) >= 11 is 12.7. The van der Waals surface area contributed by atoms with Crippen molar-refractivity contribution < 1.29 is 0 Å². The Bertz CT molecular complexity index is 373. The molecule has 0 fully saturated rings. The predicted octanol–water partition coefficient (Wildman–Crippen LogP) is 4.58. The van der Waals surface area contributed by atoms with Crippen LogP contribution in [-0.2, 0) is 6.54 Å². The van der Waals surface area contributed by atoms with Crippen molar-refractivity contribution in [2.24, 2.45) is 0 Å². The third-order valence-electron chi connectivity index (χ3n) is 2.53. The molecule has 16 heavy (non-hydrogen) atoms. The second kappa shape index (κ2) is 7.36. The van der Waals surface area contributed by atoms with Crippen LogP contribution in [0.25, 0.3) is 0 Å². The summed E-state index contributed by atoms with van der Waals surface area (Å²) in [6.07, 6.45) is 7.21. The maximum Gasteiger partial charge on any atom is 0.309 e. The lowest BCUT2D eigenvalue weighted by Gasteiger charge is -2.03. The monoisotopic (exact) mass is 281 g/mol. The van der Waals surface area contributed by atoms with Gasteiger partial charge in [-0.3, -0.25) is 9.36 Å². The molecule has 0 saturated heterocycles. The maximum absolute atomic E-state index is 11.4. The third kappa shape index (κ3) is 4.11. The van der Waals surface area contributed by atoms with Gasteiger partial charge in [-0.1, -0.05) is 73.6 Å². The Labute approximate surface area is 110 Å². The summed E-state index contributed by atoms with van der Waals surface area (Å²) in [5.41, 5.74) is 0.